The van der Waals surface area contributed by atoms with Gasteiger partial charge in [0.25, 0.3) is 5.91 Å². The number of ether oxygens (including phenoxy) is 2. The molecule has 2 heterocycles. The molecule has 0 saturated carbocycles. The van der Waals surface area contributed by atoms with E-state index in [-0.39, 0.29) is 12.5 Å². The quantitative estimate of drug-likeness (QED) is 0.710. The minimum absolute atomic E-state index is 0.0600. The van der Waals surface area contributed by atoms with Crippen LogP contribution in [0.1, 0.15) is 18.1 Å². The molecule has 6 heteroatoms. The van der Waals surface area contributed by atoms with Crippen molar-refractivity contribution in [1.82, 2.24) is 15.1 Å². The summed E-state index contributed by atoms with van der Waals surface area (Å²) in [5.74, 6) is 1.38. The Bertz CT molecular complexity index is 905. The van der Waals surface area contributed by atoms with Gasteiger partial charge in [0.15, 0.2) is 11.5 Å². The number of para-hydroxylation sites is 1. The average molecular weight is 422 g/mol. The summed E-state index contributed by atoms with van der Waals surface area (Å²) in [6.07, 6.45) is 1.90. The maximum atomic E-state index is 12.6. The smallest absolute Gasteiger partial charge is 0.250 e. The minimum Gasteiger partial charge on any atom is -0.490 e. The van der Waals surface area contributed by atoms with E-state index < -0.39 is 0 Å². The first-order valence-electron chi connectivity index (χ1n) is 11.1. The summed E-state index contributed by atoms with van der Waals surface area (Å²) in [6.45, 7) is 9.47. The molecule has 6 nitrogen and oxygen atoms in total. The lowest BCUT2D eigenvalue weighted by Crippen LogP contribution is -2.48. The van der Waals surface area contributed by atoms with Gasteiger partial charge in [0.05, 0.1) is 12.2 Å². The number of rotatable bonds is 8. The molecule has 2 aliphatic heterocycles. The molecule has 1 N–H and O–H groups in total. The van der Waals surface area contributed by atoms with Crippen molar-refractivity contribution in [3.8, 4) is 11.5 Å². The Morgan fingerprint density at radius 2 is 1.81 bits per heavy atom. The summed E-state index contributed by atoms with van der Waals surface area (Å²) < 4.78 is 11.4. The van der Waals surface area contributed by atoms with Crippen LogP contribution in [0.25, 0.3) is 6.08 Å². The number of carbonyl (C=O) groups excluding carboxylic acids is 1. The first-order valence-corrected chi connectivity index (χ1v) is 11.1. The Morgan fingerprint density at radius 1 is 1.03 bits per heavy atom. The van der Waals surface area contributed by atoms with Gasteiger partial charge in [0.1, 0.15) is 6.61 Å². The van der Waals surface area contributed by atoms with Crippen molar-refractivity contribution < 1.29 is 14.3 Å². The van der Waals surface area contributed by atoms with Gasteiger partial charge in [0.2, 0.25) is 0 Å². The number of fused-ring (bicyclic) bond motifs is 1. The molecule has 2 aromatic carbocycles. The Kier molecular flexibility index (Phi) is 7.22. The largest absolute Gasteiger partial charge is 0.490 e. The molecule has 0 unspecified atom stereocenters. The predicted octanol–water partition coefficient (Wildman–Crippen LogP) is 2.80. The van der Waals surface area contributed by atoms with E-state index in [1.165, 1.54) is 5.56 Å². The van der Waals surface area contributed by atoms with Gasteiger partial charge in [-0.15, -0.1) is 0 Å². The first kappa shape index (κ1) is 21.4. The third-order valence-corrected chi connectivity index (χ3v) is 5.73. The van der Waals surface area contributed by atoms with Crippen LogP contribution >= 0.6 is 0 Å². The number of hydrogen-bond donors (Lipinski definition) is 1. The number of nitrogens with one attached hydrogen (secondary N) is 1. The van der Waals surface area contributed by atoms with E-state index in [0.29, 0.717) is 24.5 Å². The van der Waals surface area contributed by atoms with Gasteiger partial charge < -0.3 is 14.8 Å². The molecule has 0 aromatic heterocycles. The number of piperazine rings is 1. The number of nitrogens with zero attached hydrogens (tertiary/aromatic N) is 2. The predicted molar refractivity (Wildman–Crippen MR) is 122 cm³/mol. The van der Waals surface area contributed by atoms with Crippen LogP contribution in [0.4, 0.5) is 0 Å². The van der Waals surface area contributed by atoms with E-state index in [2.05, 4.69) is 45.4 Å². The van der Waals surface area contributed by atoms with Crippen LogP contribution in [0, 0.1) is 0 Å². The number of carbonyl (C=O) groups is 1. The summed E-state index contributed by atoms with van der Waals surface area (Å²) in [4.78, 5) is 17.5. The highest BCUT2D eigenvalue weighted by atomic mass is 16.5. The Morgan fingerprint density at radius 3 is 2.58 bits per heavy atom. The molecule has 0 spiro atoms. The van der Waals surface area contributed by atoms with Crippen molar-refractivity contribution in [2.45, 2.75) is 13.5 Å². The molecule has 1 saturated heterocycles. The lowest BCUT2D eigenvalue weighted by Gasteiger charge is -2.34. The first-order chi connectivity index (χ1) is 15.2. The highest BCUT2D eigenvalue weighted by Gasteiger charge is 2.21. The number of hydrogen-bond acceptors (Lipinski definition) is 5. The Labute approximate surface area is 184 Å². The molecule has 164 valence electrons. The van der Waals surface area contributed by atoms with Gasteiger partial charge in [-0.3, -0.25) is 14.6 Å². The second kappa shape index (κ2) is 10.5. The molecule has 2 aliphatic rings. The highest BCUT2D eigenvalue weighted by molar-refractivity contribution is 5.99. The second-order valence-electron chi connectivity index (χ2n) is 7.93. The average Bonchev–Trinajstić information content (AvgIpc) is 2.81. The molecule has 0 bridgehead atoms. The van der Waals surface area contributed by atoms with E-state index >= 15 is 0 Å². The Balaban J connectivity index is 1.21. The minimum atomic E-state index is -0.0600. The van der Waals surface area contributed by atoms with Crippen LogP contribution in [0.15, 0.2) is 54.1 Å². The fourth-order valence-electron chi connectivity index (χ4n) is 4.03. The normalized spacial score (nSPS) is 16.7. The molecule has 2 aromatic rings. The molecule has 0 atom stereocenters. The van der Waals surface area contributed by atoms with Crippen LogP contribution in [-0.4, -0.2) is 68.2 Å². The third kappa shape index (κ3) is 5.66. The zero-order chi connectivity index (χ0) is 21.5. The summed E-state index contributed by atoms with van der Waals surface area (Å²) >= 11 is 0. The van der Waals surface area contributed by atoms with Gasteiger partial charge in [-0.25, -0.2) is 0 Å². The molecule has 1 fully saturated rings. The van der Waals surface area contributed by atoms with E-state index in [1.807, 2.05) is 31.2 Å². The van der Waals surface area contributed by atoms with Gasteiger partial charge >= 0.3 is 0 Å². The molecule has 31 heavy (non-hydrogen) atoms. The summed E-state index contributed by atoms with van der Waals surface area (Å²) in [5.41, 5.74) is 2.90. The zero-order valence-corrected chi connectivity index (χ0v) is 18.2. The zero-order valence-electron chi connectivity index (χ0n) is 18.2. The lowest BCUT2D eigenvalue weighted by molar-refractivity contribution is -0.117. The van der Waals surface area contributed by atoms with Gasteiger partial charge in [0, 0.05) is 51.4 Å². The monoisotopic (exact) mass is 421 g/mol. The van der Waals surface area contributed by atoms with Crippen LogP contribution in [0.3, 0.4) is 0 Å². The highest BCUT2D eigenvalue weighted by Crippen LogP contribution is 2.35. The van der Waals surface area contributed by atoms with E-state index in [9.17, 15) is 4.79 Å². The molecule has 1 amide bonds. The molecular weight excluding hydrogens is 390 g/mol. The van der Waals surface area contributed by atoms with E-state index in [4.69, 9.17) is 9.47 Å². The summed E-state index contributed by atoms with van der Waals surface area (Å²) in [6, 6.07) is 16.4. The Hall–Kier alpha value is -2.83. The van der Waals surface area contributed by atoms with Crippen molar-refractivity contribution in [3.05, 3.63) is 65.2 Å². The number of amides is 1. The topological polar surface area (TPSA) is 54.0 Å². The molecule has 0 aliphatic carbocycles. The number of benzene rings is 2. The van der Waals surface area contributed by atoms with Gasteiger partial charge in [-0.05, 0) is 24.6 Å². The second-order valence-corrected chi connectivity index (χ2v) is 7.93. The SMILES string of the molecule is CCOc1cccc2c1OCC(C(=O)NCCN1CCN(Cc3ccccc3)CC1)=C2. The van der Waals surface area contributed by atoms with Crippen LogP contribution in [0.5, 0.6) is 11.5 Å². The van der Waals surface area contributed by atoms with Crippen molar-refractivity contribution in [2.24, 2.45) is 0 Å². The van der Waals surface area contributed by atoms with Crippen molar-refractivity contribution in [1.29, 1.82) is 0 Å². The molecule has 4 rings (SSSR count). The van der Waals surface area contributed by atoms with Gasteiger partial charge in [-0.2, -0.15) is 0 Å². The van der Waals surface area contributed by atoms with Crippen LogP contribution < -0.4 is 14.8 Å². The summed E-state index contributed by atoms with van der Waals surface area (Å²) in [5, 5.41) is 3.05. The fraction of sp³-hybridized carbons (Fsp3) is 0.400. The maximum absolute atomic E-state index is 12.6. The van der Waals surface area contributed by atoms with Crippen LogP contribution in [0.2, 0.25) is 0 Å². The maximum Gasteiger partial charge on any atom is 0.250 e. The van der Waals surface area contributed by atoms with Crippen molar-refractivity contribution in [2.75, 3.05) is 52.5 Å². The lowest BCUT2D eigenvalue weighted by atomic mass is 10.1. The molecular formula is C25H31N3O3. The third-order valence-electron chi connectivity index (χ3n) is 5.73. The van der Waals surface area contributed by atoms with Crippen molar-refractivity contribution >= 4 is 12.0 Å². The van der Waals surface area contributed by atoms with E-state index in [1.54, 1.807) is 0 Å². The fourth-order valence-corrected chi connectivity index (χ4v) is 4.03. The summed E-state index contributed by atoms with van der Waals surface area (Å²) in [7, 11) is 0. The van der Waals surface area contributed by atoms with E-state index in [0.717, 1.165) is 50.6 Å². The van der Waals surface area contributed by atoms with Gasteiger partial charge in [-0.1, -0.05) is 42.5 Å². The van der Waals surface area contributed by atoms with Crippen molar-refractivity contribution in [3.63, 3.8) is 0 Å². The molecule has 0 radical (unpaired) electrons. The van der Waals surface area contributed by atoms with Crippen LogP contribution in [-0.2, 0) is 11.3 Å². The standard InChI is InChI=1S/C25H31N3O3/c1-2-30-23-10-6-9-21-17-22(19-31-24(21)23)25(29)26-11-12-27-13-15-28(16-14-27)18-20-7-4-3-5-8-20/h3-10,17H,2,11-16,18-19H2,1H3,(H,26,29).